The van der Waals surface area contributed by atoms with E-state index in [9.17, 15) is 4.79 Å². The van der Waals surface area contributed by atoms with Gasteiger partial charge in [0, 0.05) is 12.3 Å². The maximum absolute atomic E-state index is 11.6. The Morgan fingerprint density at radius 2 is 2.06 bits per heavy atom. The highest BCUT2D eigenvalue weighted by atomic mass is 32.2. The molecule has 0 radical (unpaired) electrons. The van der Waals surface area contributed by atoms with Gasteiger partial charge in [-0.3, -0.25) is 4.79 Å². The average Bonchev–Trinajstić information content (AvgIpc) is 2.31. The maximum atomic E-state index is 11.6. The fraction of sp³-hybridized carbons (Fsp3) is 0.533. The normalized spacial score (nSPS) is 10.7. The van der Waals surface area contributed by atoms with Crippen molar-refractivity contribution >= 4 is 17.7 Å². The van der Waals surface area contributed by atoms with Crippen LogP contribution in [0.1, 0.15) is 30.5 Å². The van der Waals surface area contributed by atoms with Crippen molar-refractivity contribution in [3.63, 3.8) is 0 Å². The fourth-order valence-corrected chi connectivity index (χ4v) is 2.50. The van der Waals surface area contributed by atoms with Gasteiger partial charge in [-0.05, 0) is 30.9 Å². The van der Waals surface area contributed by atoms with Gasteiger partial charge < -0.3 is 5.32 Å². The maximum Gasteiger partial charge on any atom is 0.230 e. The smallest absolute Gasteiger partial charge is 0.230 e. The molecule has 1 N–H and O–H groups in total. The minimum Gasteiger partial charge on any atom is -0.355 e. The topological polar surface area (TPSA) is 29.1 Å². The predicted octanol–water partition coefficient (Wildman–Crippen LogP) is 3.31. The van der Waals surface area contributed by atoms with Gasteiger partial charge >= 0.3 is 0 Å². The standard InChI is InChI=1S/C15H23NOS/c1-11(2)8-16-15(17)10-18-9-14-7-12(3)5-6-13(14)4/h5-7,11H,8-10H2,1-4H3,(H,16,17). The van der Waals surface area contributed by atoms with Gasteiger partial charge in [-0.1, -0.05) is 37.6 Å². The Balaban J connectivity index is 2.33. The van der Waals surface area contributed by atoms with Crippen molar-refractivity contribution < 1.29 is 4.79 Å². The summed E-state index contributed by atoms with van der Waals surface area (Å²) in [4.78, 5) is 11.6. The van der Waals surface area contributed by atoms with Crippen molar-refractivity contribution in [2.45, 2.75) is 33.4 Å². The molecule has 100 valence electrons. The molecule has 0 saturated carbocycles. The number of aryl methyl sites for hydroxylation is 2. The number of carbonyl (C=O) groups is 1. The van der Waals surface area contributed by atoms with Crippen LogP contribution in [0.25, 0.3) is 0 Å². The van der Waals surface area contributed by atoms with E-state index in [0.29, 0.717) is 11.7 Å². The lowest BCUT2D eigenvalue weighted by Gasteiger charge is -2.09. The Kier molecular flexibility index (Phi) is 6.27. The molecule has 0 aliphatic carbocycles. The van der Waals surface area contributed by atoms with Crippen LogP contribution in [0.5, 0.6) is 0 Å². The number of hydrogen-bond acceptors (Lipinski definition) is 2. The van der Waals surface area contributed by atoms with E-state index < -0.39 is 0 Å². The van der Waals surface area contributed by atoms with Crippen molar-refractivity contribution in [3.8, 4) is 0 Å². The first-order chi connectivity index (χ1) is 8.49. The van der Waals surface area contributed by atoms with Crippen LogP contribution in [0.3, 0.4) is 0 Å². The van der Waals surface area contributed by atoms with Gasteiger partial charge in [0.15, 0.2) is 0 Å². The van der Waals surface area contributed by atoms with Gasteiger partial charge in [-0.15, -0.1) is 11.8 Å². The first kappa shape index (κ1) is 15.1. The Morgan fingerprint density at radius 3 is 2.72 bits per heavy atom. The molecule has 3 heteroatoms. The molecule has 0 spiro atoms. The van der Waals surface area contributed by atoms with Crippen LogP contribution in [-0.2, 0) is 10.5 Å². The summed E-state index contributed by atoms with van der Waals surface area (Å²) in [6.45, 7) is 9.19. The van der Waals surface area contributed by atoms with Gasteiger partial charge in [0.1, 0.15) is 0 Å². The third-order valence-electron chi connectivity index (χ3n) is 2.70. The minimum absolute atomic E-state index is 0.138. The molecular formula is C15H23NOS. The zero-order valence-electron chi connectivity index (χ0n) is 11.7. The Hall–Kier alpha value is -0.960. The second-order valence-electron chi connectivity index (χ2n) is 5.12. The average molecular weight is 265 g/mol. The molecule has 2 nitrogen and oxygen atoms in total. The number of amides is 1. The van der Waals surface area contributed by atoms with E-state index in [1.165, 1.54) is 16.7 Å². The molecule has 1 aromatic rings. The lowest BCUT2D eigenvalue weighted by molar-refractivity contribution is -0.118. The molecule has 0 aromatic heterocycles. The molecule has 0 bridgehead atoms. The summed E-state index contributed by atoms with van der Waals surface area (Å²) in [7, 11) is 0. The summed E-state index contributed by atoms with van der Waals surface area (Å²) in [5, 5.41) is 2.93. The van der Waals surface area contributed by atoms with Crippen LogP contribution in [-0.4, -0.2) is 18.2 Å². The number of rotatable bonds is 6. The first-order valence-electron chi connectivity index (χ1n) is 6.39. The summed E-state index contributed by atoms with van der Waals surface area (Å²) >= 11 is 1.68. The third-order valence-corrected chi connectivity index (χ3v) is 3.68. The predicted molar refractivity (Wildman–Crippen MR) is 79.9 cm³/mol. The quantitative estimate of drug-likeness (QED) is 0.855. The fourth-order valence-electron chi connectivity index (χ4n) is 1.58. The van der Waals surface area contributed by atoms with Gasteiger partial charge in [0.2, 0.25) is 5.91 Å². The second-order valence-corrected chi connectivity index (χ2v) is 6.11. The van der Waals surface area contributed by atoms with E-state index in [4.69, 9.17) is 0 Å². The zero-order valence-corrected chi connectivity index (χ0v) is 12.6. The number of carbonyl (C=O) groups excluding carboxylic acids is 1. The minimum atomic E-state index is 0.138. The third kappa shape index (κ3) is 5.58. The molecule has 18 heavy (non-hydrogen) atoms. The van der Waals surface area contributed by atoms with Crippen molar-refractivity contribution in [2.75, 3.05) is 12.3 Å². The highest BCUT2D eigenvalue weighted by Gasteiger charge is 2.04. The molecule has 1 aromatic carbocycles. The van der Waals surface area contributed by atoms with Crippen LogP contribution >= 0.6 is 11.8 Å². The highest BCUT2D eigenvalue weighted by molar-refractivity contribution is 7.99. The van der Waals surface area contributed by atoms with E-state index >= 15 is 0 Å². The van der Waals surface area contributed by atoms with E-state index in [-0.39, 0.29) is 5.91 Å². The van der Waals surface area contributed by atoms with Crippen LogP contribution in [0.4, 0.5) is 0 Å². The number of hydrogen-bond donors (Lipinski definition) is 1. The van der Waals surface area contributed by atoms with E-state index in [1.54, 1.807) is 11.8 Å². The number of benzene rings is 1. The molecule has 1 rings (SSSR count). The monoisotopic (exact) mass is 265 g/mol. The van der Waals surface area contributed by atoms with Crippen molar-refractivity contribution in [1.82, 2.24) is 5.32 Å². The molecule has 0 saturated heterocycles. The van der Waals surface area contributed by atoms with Crippen LogP contribution < -0.4 is 5.32 Å². The van der Waals surface area contributed by atoms with Crippen LogP contribution in [0, 0.1) is 19.8 Å². The zero-order chi connectivity index (χ0) is 13.5. The Morgan fingerprint density at radius 1 is 1.33 bits per heavy atom. The lowest BCUT2D eigenvalue weighted by Crippen LogP contribution is -2.28. The van der Waals surface area contributed by atoms with E-state index in [1.807, 2.05) is 0 Å². The molecule has 1 amide bonds. The molecule has 0 aliphatic heterocycles. The number of thioether (sulfide) groups is 1. The van der Waals surface area contributed by atoms with E-state index in [2.05, 4.69) is 51.2 Å². The van der Waals surface area contributed by atoms with E-state index in [0.717, 1.165) is 12.3 Å². The molecule has 0 fully saturated rings. The van der Waals surface area contributed by atoms with Crippen LogP contribution in [0.2, 0.25) is 0 Å². The molecule has 0 unspecified atom stereocenters. The van der Waals surface area contributed by atoms with Gasteiger partial charge in [-0.2, -0.15) is 0 Å². The molecule has 0 aliphatic rings. The summed E-state index contributed by atoms with van der Waals surface area (Å²) in [6, 6.07) is 6.47. The van der Waals surface area contributed by atoms with Crippen molar-refractivity contribution in [2.24, 2.45) is 5.92 Å². The van der Waals surface area contributed by atoms with Crippen LogP contribution in [0.15, 0.2) is 18.2 Å². The summed E-state index contributed by atoms with van der Waals surface area (Å²) in [5.41, 5.74) is 3.91. The van der Waals surface area contributed by atoms with Gasteiger partial charge in [0.25, 0.3) is 0 Å². The van der Waals surface area contributed by atoms with Crippen molar-refractivity contribution in [3.05, 3.63) is 34.9 Å². The van der Waals surface area contributed by atoms with Gasteiger partial charge in [-0.25, -0.2) is 0 Å². The van der Waals surface area contributed by atoms with Gasteiger partial charge in [0.05, 0.1) is 5.75 Å². The highest BCUT2D eigenvalue weighted by Crippen LogP contribution is 2.17. The molecule has 0 atom stereocenters. The Bertz CT molecular complexity index is 401. The largest absolute Gasteiger partial charge is 0.355 e. The summed E-state index contributed by atoms with van der Waals surface area (Å²) in [5.74, 6) is 2.10. The second kappa shape index (κ2) is 7.47. The summed E-state index contributed by atoms with van der Waals surface area (Å²) < 4.78 is 0. The SMILES string of the molecule is Cc1ccc(C)c(CSCC(=O)NCC(C)C)c1. The molecule has 0 heterocycles. The van der Waals surface area contributed by atoms with Crippen molar-refractivity contribution in [1.29, 1.82) is 0 Å². The Labute approximate surface area is 115 Å². The summed E-state index contributed by atoms with van der Waals surface area (Å²) in [6.07, 6.45) is 0. The number of nitrogens with one attached hydrogen (secondary N) is 1. The molecular weight excluding hydrogens is 242 g/mol. The lowest BCUT2D eigenvalue weighted by atomic mass is 10.1. The first-order valence-corrected chi connectivity index (χ1v) is 7.55.